The lowest BCUT2D eigenvalue weighted by Gasteiger charge is -2.08. The van der Waals surface area contributed by atoms with E-state index in [0.717, 1.165) is 11.1 Å². The molecule has 1 rings (SSSR count). The number of hydrogen-bond donors (Lipinski definition) is 1. The van der Waals surface area contributed by atoms with E-state index in [1.807, 2.05) is 19.1 Å². The molecule has 0 radical (unpaired) electrons. The van der Waals surface area contributed by atoms with Crippen LogP contribution in [0, 0.1) is 6.92 Å². The topological polar surface area (TPSA) is 46.2 Å². The van der Waals surface area contributed by atoms with E-state index in [4.69, 9.17) is 0 Å². The molecule has 0 bridgehead atoms. The first-order chi connectivity index (χ1) is 6.45. The molecule has 1 aromatic rings. The number of benzene rings is 1. The molecule has 4 heteroatoms. The second-order valence-electron chi connectivity index (χ2n) is 3.41. The third-order valence-electron chi connectivity index (χ3n) is 1.99. The molecular weight excluding hydrogens is 198 g/mol. The molecule has 78 valence electrons. The minimum Gasteiger partial charge on any atom is -0.316 e. The Morgan fingerprint density at radius 1 is 1.36 bits per heavy atom. The van der Waals surface area contributed by atoms with Crippen LogP contribution in [0.2, 0.25) is 0 Å². The average molecular weight is 213 g/mol. The standard InChI is InChI=1S/C10H15NO2S/c1-8-4-5-9(7-11-2)10(6-8)14(3,12)13/h4-6,11H,7H2,1-3H3. The zero-order valence-corrected chi connectivity index (χ0v) is 9.48. The summed E-state index contributed by atoms with van der Waals surface area (Å²) in [4.78, 5) is 0.423. The molecule has 0 aliphatic heterocycles. The van der Waals surface area contributed by atoms with Crippen molar-refractivity contribution in [2.75, 3.05) is 13.3 Å². The van der Waals surface area contributed by atoms with Gasteiger partial charge in [0, 0.05) is 12.8 Å². The van der Waals surface area contributed by atoms with Gasteiger partial charge in [0.2, 0.25) is 0 Å². The number of nitrogens with one attached hydrogen (secondary N) is 1. The number of sulfone groups is 1. The number of rotatable bonds is 3. The Morgan fingerprint density at radius 2 is 2.00 bits per heavy atom. The Morgan fingerprint density at radius 3 is 2.50 bits per heavy atom. The highest BCUT2D eigenvalue weighted by molar-refractivity contribution is 7.90. The van der Waals surface area contributed by atoms with Crippen molar-refractivity contribution in [2.45, 2.75) is 18.4 Å². The first-order valence-electron chi connectivity index (χ1n) is 4.39. The van der Waals surface area contributed by atoms with Gasteiger partial charge in [-0.05, 0) is 31.2 Å². The average Bonchev–Trinajstić information content (AvgIpc) is 2.07. The van der Waals surface area contributed by atoms with Gasteiger partial charge in [0.25, 0.3) is 0 Å². The van der Waals surface area contributed by atoms with Gasteiger partial charge in [-0.2, -0.15) is 0 Å². The predicted molar refractivity (Wildman–Crippen MR) is 57.1 cm³/mol. The van der Waals surface area contributed by atoms with Gasteiger partial charge in [-0.25, -0.2) is 8.42 Å². The molecule has 0 spiro atoms. The minimum absolute atomic E-state index is 0.423. The second kappa shape index (κ2) is 4.11. The lowest BCUT2D eigenvalue weighted by molar-refractivity contribution is 0.600. The molecule has 3 nitrogen and oxygen atoms in total. The molecule has 0 aliphatic rings. The maximum absolute atomic E-state index is 11.5. The van der Waals surface area contributed by atoms with Gasteiger partial charge < -0.3 is 5.32 Å². The zero-order valence-electron chi connectivity index (χ0n) is 8.66. The lowest BCUT2D eigenvalue weighted by Crippen LogP contribution is -2.10. The van der Waals surface area contributed by atoms with Gasteiger partial charge in [-0.1, -0.05) is 12.1 Å². The zero-order chi connectivity index (χ0) is 10.8. The fraction of sp³-hybridized carbons (Fsp3) is 0.400. The highest BCUT2D eigenvalue weighted by atomic mass is 32.2. The van der Waals surface area contributed by atoms with E-state index < -0.39 is 9.84 Å². The van der Waals surface area contributed by atoms with Crippen LogP contribution in [0.4, 0.5) is 0 Å². The Hall–Kier alpha value is -0.870. The van der Waals surface area contributed by atoms with Crippen LogP contribution in [0.5, 0.6) is 0 Å². The summed E-state index contributed by atoms with van der Waals surface area (Å²) in [5.74, 6) is 0. The van der Waals surface area contributed by atoms with Crippen molar-refractivity contribution >= 4 is 9.84 Å². The van der Waals surface area contributed by atoms with Gasteiger partial charge in [-0.3, -0.25) is 0 Å². The molecule has 0 heterocycles. The van der Waals surface area contributed by atoms with Crippen LogP contribution in [0.15, 0.2) is 23.1 Å². The van der Waals surface area contributed by atoms with Gasteiger partial charge in [0.1, 0.15) is 0 Å². The van der Waals surface area contributed by atoms with Crippen LogP contribution in [0.25, 0.3) is 0 Å². The quantitative estimate of drug-likeness (QED) is 0.818. The van der Waals surface area contributed by atoms with Crippen molar-refractivity contribution in [2.24, 2.45) is 0 Å². The lowest BCUT2D eigenvalue weighted by atomic mass is 10.1. The summed E-state index contributed by atoms with van der Waals surface area (Å²) in [6.45, 7) is 2.46. The van der Waals surface area contributed by atoms with Gasteiger partial charge >= 0.3 is 0 Å². The van der Waals surface area contributed by atoms with Crippen molar-refractivity contribution in [3.63, 3.8) is 0 Å². The fourth-order valence-electron chi connectivity index (χ4n) is 1.34. The number of hydrogen-bond acceptors (Lipinski definition) is 3. The summed E-state index contributed by atoms with van der Waals surface area (Å²) in [5, 5.41) is 2.95. The SMILES string of the molecule is CNCc1ccc(C)cc1S(C)(=O)=O. The monoisotopic (exact) mass is 213 g/mol. The fourth-order valence-corrected chi connectivity index (χ4v) is 2.36. The molecule has 14 heavy (non-hydrogen) atoms. The first-order valence-corrected chi connectivity index (χ1v) is 6.28. The Kier molecular flexibility index (Phi) is 3.29. The van der Waals surface area contributed by atoms with E-state index >= 15 is 0 Å². The molecule has 0 fully saturated rings. The van der Waals surface area contributed by atoms with E-state index in [-0.39, 0.29) is 0 Å². The molecule has 0 aliphatic carbocycles. The van der Waals surface area contributed by atoms with E-state index in [1.165, 1.54) is 6.26 Å². The molecule has 0 unspecified atom stereocenters. The summed E-state index contributed by atoms with van der Waals surface area (Å²) >= 11 is 0. The molecule has 0 atom stereocenters. The largest absolute Gasteiger partial charge is 0.316 e. The smallest absolute Gasteiger partial charge is 0.175 e. The summed E-state index contributed by atoms with van der Waals surface area (Å²) < 4.78 is 22.9. The minimum atomic E-state index is -3.12. The van der Waals surface area contributed by atoms with Crippen LogP contribution >= 0.6 is 0 Å². The van der Waals surface area contributed by atoms with Gasteiger partial charge in [-0.15, -0.1) is 0 Å². The third-order valence-corrected chi connectivity index (χ3v) is 3.17. The van der Waals surface area contributed by atoms with E-state index in [9.17, 15) is 8.42 Å². The van der Waals surface area contributed by atoms with Crippen LogP contribution in [-0.4, -0.2) is 21.7 Å². The van der Waals surface area contributed by atoms with E-state index in [0.29, 0.717) is 11.4 Å². The van der Waals surface area contributed by atoms with Crippen LogP contribution in [0.1, 0.15) is 11.1 Å². The van der Waals surface area contributed by atoms with Crippen LogP contribution in [0.3, 0.4) is 0 Å². The van der Waals surface area contributed by atoms with E-state index in [2.05, 4.69) is 5.32 Å². The first kappa shape index (κ1) is 11.2. The van der Waals surface area contributed by atoms with Crippen molar-refractivity contribution in [3.05, 3.63) is 29.3 Å². The molecule has 1 aromatic carbocycles. The second-order valence-corrected chi connectivity index (χ2v) is 5.40. The van der Waals surface area contributed by atoms with Crippen LogP contribution < -0.4 is 5.32 Å². The summed E-state index contributed by atoms with van der Waals surface area (Å²) in [7, 11) is -1.32. The Bertz CT molecular complexity index is 424. The normalized spacial score (nSPS) is 11.6. The highest BCUT2D eigenvalue weighted by Crippen LogP contribution is 2.17. The molecule has 0 saturated heterocycles. The molecule has 1 N–H and O–H groups in total. The summed E-state index contributed by atoms with van der Waals surface area (Å²) in [5.41, 5.74) is 1.78. The van der Waals surface area contributed by atoms with E-state index in [1.54, 1.807) is 13.1 Å². The van der Waals surface area contributed by atoms with Gasteiger partial charge in [0.05, 0.1) is 4.90 Å². The molecule has 0 saturated carbocycles. The van der Waals surface area contributed by atoms with Crippen molar-refractivity contribution in [1.82, 2.24) is 5.32 Å². The van der Waals surface area contributed by atoms with Crippen molar-refractivity contribution in [3.8, 4) is 0 Å². The third kappa shape index (κ3) is 2.56. The summed E-state index contributed by atoms with van der Waals surface area (Å²) in [6, 6.07) is 5.48. The maximum atomic E-state index is 11.5. The highest BCUT2D eigenvalue weighted by Gasteiger charge is 2.12. The van der Waals surface area contributed by atoms with Crippen LogP contribution in [-0.2, 0) is 16.4 Å². The summed E-state index contributed by atoms with van der Waals surface area (Å²) in [6.07, 6.45) is 1.24. The number of aryl methyl sites for hydroxylation is 1. The Balaban J connectivity index is 3.30. The molecule has 0 amide bonds. The van der Waals surface area contributed by atoms with Crippen molar-refractivity contribution in [1.29, 1.82) is 0 Å². The maximum Gasteiger partial charge on any atom is 0.175 e. The molecule has 0 aromatic heterocycles. The van der Waals surface area contributed by atoms with Gasteiger partial charge in [0.15, 0.2) is 9.84 Å². The van der Waals surface area contributed by atoms with Crippen molar-refractivity contribution < 1.29 is 8.42 Å². The predicted octanol–water partition coefficient (Wildman–Crippen LogP) is 1.12. The Labute approximate surface area is 85.1 Å². The molecular formula is C10H15NO2S.